The minimum Gasteiger partial charge on any atom is -0.379 e. The van der Waals surface area contributed by atoms with Gasteiger partial charge in [0.05, 0.1) is 12.1 Å². The zero-order valence-electron chi connectivity index (χ0n) is 10.9. The molecule has 0 aliphatic carbocycles. The topological polar surface area (TPSA) is 21.3 Å². The Morgan fingerprint density at radius 3 is 2.65 bits per heavy atom. The molecular formula is C14H22ClNO. The van der Waals surface area contributed by atoms with Crippen LogP contribution in [0, 0.1) is 0 Å². The van der Waals surface area contributed by atoms with Gasteiger partial charge < -0.3 is 10.1 Å². The summed E-state index contributed by atoms with van der Waals surface area (Å²) in [7, 11) is 1.77. The Labute approximate surface area is 109 Å². The minimum atomic E-state index is 0.193. The maximum Gasteiger partial charge on any atom is 0.0765 e. The molecule has 0 aromatic heterocycles. The summed E-state index contributed by atoms with van der Waals surface area (Å²) in [5.74, 6) is 0. The Bertz CT molecular complexity index is 330. The van der Waals surface area contributed by atoms with Gasteiger partial charge in [-0.3, -0.25) is 0 Å². The van der Waals surface area contributed by atoms with Crippen molar-refractivity contribution in [2.45, 2.75) is 38.8 Å². The average Bonchev–Trinajstić information content (AvgIpc) is 2.33. The second-order valence-corrected chi connectivity index (χ2v) is 4.59. The van der Waals surface area contributed by atoms with E-state index in [0.717, 1.165) is 24.4 Å². The van der Waals surface area contributed by atoms with E-state index in [1.54, 1.807) is 7.11 Å². The van der Waals surface area contributed by atoms with E-state index in [1.807, 2.05) is 18.2 Å². The van der Waals surface area contributed by atoms with Crippen LogP contribution in [0.4, 0.5) is 0 Å². The number of methoxy groups -OCH3 is 1. The molecule has 0 saturated carbocycles. The summed E-state index contributed by atoms with van der Waals surface area (Å²) in [6, 6.07) is 8.21. The van der Waals surface area contributed by atoms with E-state index >= 15 is 0 Å². The minimum absolute atomic E-state index is 0.193. The van der Waals surface area contributed by atoms with Crippen LogP contribution in [0.5, 0.6) is 0 Å². The molecule has 0 fully saturated rings. The summed E-state index contributed by atoms with van der Waals surface area (Å²) in [5, 5.41) is 4.25. The van der Waals surface area contributed by atoms with Crippen molar-refractivity contribution >= 4 is 11.6 Å². The third-order valence-electron chi connectivity index (χ3n) is 2.88. The number of hydrogen-bond donors (Lipinski definition) is 1. The van der Waals surface area contributed by atoms with Crippen molar-refractivity contribution in [3.05, 3.63) is 34.9 Å². The zero-order chi connectivity index (χ0) is 12.7. The molecule has 1 N–H and O–H groups in total. The van der Waals surface area contributed by atoms with Crippen molar-refractivity contribution in [3.63, 3.8) is 0 Å². The highest BCUT2D eigenvalue weighted by atomic mass is 35.5. The molecule has 2 nitrogen and oxygen atoms in total. The van der Waals surface area contributed by atoms with Gasteiger partial charge in [0.15, 0.2) is 0 Å². The molecule has 0 bridgehead atoms. The molecule has 17 heavy (non-hydrogen) atoms. The lowest BCUT2D eigenvalue weighted by Gasteiger charge is -2.27. The lowest BCUT2D eigenvalue weighted by atomic mass is 9.98. The molecule has 0 spiro atoms. The monoisotopic (exact) mass is 255 g/mol. The van der Waals surface area contributed by atoms with Crippen LogP contribution < -0.4 is 5.32 Å². The van der Waals surface area contributed by atoms with Crippen LogP contribution in [-0.2, 0) is 4.74 Å². The number of hydrogen-bond acceptors (Lipinski definition) is 2. The molecule has 0 aliphatic rings. The van der Waals surface area contributed by atoms with E-state index < -0.39 is 0 Å². The summed E-state index contributed by atoms with van der Waals surface area (Å²) in [4.78, 5) is 0. The van der Waals surface area contributed by atoms with E-state index in [1.165, 1.54) is 5.56 Å². The van der Waals surface area contributed by atoms with E-state index in [-0.39, 0.29) is 12.1 Å². The summed E-state index contributed by atoms with van der Waals surface area (Å²) in [6.45, 7) is 5.20. The number of ether oxygens (including phenoxy) is 1. The fourth-order valence-corrected chi connectivity index (χ4v) is 2.29. The fraction of sp³-hybridized carbons (Fsp3) is 0.571. The van der Waals surface area contributed by atoms with Crippen LogP contribution in [0.15, 0.2) is 24.3 Å². The van der Waals surface area contributed by atoms with Gasteiger partial charge in [0.25, 0.3) is 0 Å². The Kier molecular flexibility index (Phi) is 6.56. The van der Waals surface area contributed by atoms with Crippen LogP contribution in [-0.4, -0.2) is 19.8 Å². The van der Waals surface area contributed by atoms with Crippen molar-refractivity contribution in [3.8, 4) is 0 Å². The second kappa shape index (κ2) is 7.70. The Morgan fingerprint density at radius 2 is 2.12 bits per heavy atom. The maximum absolute atomic E-state index is 6.05. The Morgan fingerprint density at radius 1 is 1.35 bits per heavy atom. The fourth-order valence-electron chi connectivity index (χ4n) is 2.09. The summed E-state index contributed by atoms with van der Waals surface area (Å²) < 4.78 is 5.59. The number of nitrogens with one attached hydrogen (secondary N) is 1. The van der Waals surface area contributed by atoms with Gasteiger partial charge in [-0.15, -0.1) is 0 Å². The van der Waals surface area contributed by atoms with Gasteiger partial charge in [0, 0.05) is 12.1 Å². The maximum atomic E-state index is 6.05. The van der Waals surface area contributed by atoms with E-state index in [2.05, 4.69) is 25.2 Å². The first-order chi connectivity index (χ1) is 8.22. The first-order valence-corrected chi connectivity index (χ1v) is 6.62. The number of likely N-dealkylation sites (N-methyl/N-ethyl adjacent to an activating group) is 1. The van der Waals surface area contributed by atoms with Gasteiger partial charge >= 0.3 is 0 Å². The first-order valence-electron chi connectivity index (χ1n) is 6.24. The smallest absolute Gasteiger partial charge is 0.0765 e. The molecule has 0 heterocycles. The van der Waals surface area contributed by atoms with Crippen LogP contribution >= 0.6 is 11.6 Å². The Hall–Kier alpha value is -0.570. The van der Waals surface area contributed by atoms with Crippen molar-refractivity contribution in [2.75, 3.05) is 13.7 Å². The predicted molar refractivity (Wildman–Crippen MR) is 73.6 cm³/mol. The normalized spacial score (nSPS) is 14.6. The lowest BCUT2D eigenvalue weighted by Crippen LogP contribution is -2.33. The molecule has 0 saturated heterocycles. The highest BCUT2D eigenvalue weighted by Crippen LogP contribution is 2.24. The van der Waals surface area contributed by atoms with E-state index in [9.17, 15) is 0 Å². The largest absolute Gasteiger partial charge is 0.379 e. The summed E-state index contributed by atoms with van der Waals surface area (Å²) >= 11 is 6.05. The van der Waals surface area contributed by atoms with Gasteiger partial charge in [-0.1, -0.05) is 44.0 Å². The standard InChI is InChI=1S/C14H22ClNO/c1-4-7-13(17-3)14(16-5-2)11-8-6-9-12(15)10-11/h6,8-10,13-14,16H,4-5,7H2,1-3H3. The van der Waals surface area contributed by atoms with Crippen molar-refractivity contribution in [2.24, 2.45) is 0 Å². The zero-order valence-corrected chi connectivity index (χ0v) is 11.6. The number of halogens is 1. The molecule has 1 rings (SSSR count). The van der Waals surface area contributed by atoms with Crippen molar-refractivity contribution in [1.29, 1.82) is 0 Å². The SMILES string of the molecule is CCCC(OC)C(NCC)c1cccc(Cl)c1. The van der Waals surface area contributed by atoms with Crippen LogP contribution in [0.3, 0.4) is 0 Å². The second-order valence-electron chi connectivity index (χ2n) is 4.15. The highest BCUT2D eigenvalue weighted by molar-refractivity contribution is 6.30. The van der Waals surface area contributed by atoms with Gasteiger partial charge in [-0.05, 0) is 30.7 Å². The van der Waals surface area contributed by atoms with Crippen molar-refractivity contribution in [1.82, 2.24) is 5.32 Å². The number of benzene rings is 1. The van der Waals surface area contributed by atoms with Crippen molar-refractivity contribution < 1.29 is 4.74 Å². The third kappa shape index (κ3) is 4.30. The molecule has 3 heteroatoms. The molecule has 2 unspecified atom stereocenters. The summed E-state index contributed by atoms with van der Waals surface area (Å²) in [5.41, 5.74) is 1.19. The predicted octanol–water partition coefficient (Wildman–Crippen LogP) is 3.81. The van der Waals surface area contributed by atoms with Gasteiger partial charge in [-0.25, -0.2) is 0 Å². The van der Waals surface area contributed by atoms with Crippen LogP contribution in [0.2, 0.25) is 5.02 Å². The average molecular weight is 256 g/mol. The van der Waals surface area contributed by atoms with E-state index in [0.29, 0.717) is 0 Å². The molecule has 96 valence electrons. The van der Waals surface area contributed by atoms with Gasteiger partial charge in [0.1, 0.15) is 0 Å². The quantitative estimate of drug-likeness (QED) is 0.800. The molecular weight excluding hydrogens is 234 g/mol. The first kappa shape index (κ1) is 14.5. The molecule has 1 aromatic carbocycles. The number of rotatable bonds is 7. The molecule has 0 radical (unpaired) electrons. The molecule has 1 aromatic rings. The van der Waals surface area contributed by atoms with Gasteiger partial charge in [0.2, 0.25) is 0 Å². The summed E-state index contributed by atoms with van der Waals surface area (Å²) in [6.07, 6.45) is 2.35. The third-order valence-corrected chi connectivity index (χ3v) is 3.11. The molecule has 0 amide bonds. The highest BCUT2D eigenvalue weighted by Gasteiger charge is 2.21. The lowest BCUT2D eigenvalue weighted by molar-refractivity contribution is 0.0611. The Balaban J connectivity index is 2.90. The van der Waals surface area contributed by atoms with Gasteiger partial charge in [-0.2, -0.15) is 0 Å². The van der Waals surface area contributed by atoms with E-state index in [4.69, 9.17) is 16.3 Å². The molecule has 2 atom stereocenters. The van der Waals surface area contributed by atoms with Crippen LogP contribution in [0.1, 0.15) is 38.3 Å². The van der Waals surface area contributed by atoms with Crippen LogP contribution in [0.25, 0.3) is 0 Å². The molecule has 0 aliphatic heterocycles.